The van der Waals surface area contributed by atoms with Crippen LogP contribution in [0.3, 0.4) is 0 Å². The van der Waals surface area contributed by atoms with E-state index in [0.29, 0.717) is 101 Å². The van der Waals surface area contributed by atoms with Gasteiger partial charge in [-0.2, -0.15) is 5.26 Å². The van der Waals surface area contributed by atoms with E-state index < -0.39 is 170 Å². The topological polar surface area (TPSA) is 44.5 Å². The van der Waals surface area contributed by atoms with Gasteiger partial charge in [-0.05, 0) is 57.6 Å². The number of para-hydroxylation sites is 3. The Morgan fingerprint density at radius 3 is 1.48 bits per heavy atom. The SMILES string of the molecule is [2H]c1c([2H])c([2H])c2c(c1[2H])Cc1c-2c2c([2H])c([2H])c([2H])c([2H])c2n1-c1c([2H])c([2H])c2c(c1[2H])N(c1c(-c3ccccc3)cc(-c3ccccc3[N+]#[C-])cc1-c1ccccc1)c1cc(C(C)(C)C)cc3c1C2c1c([2H])c([2H])c(-n2c4[se]c5c([2H])c([2H])c([2H])c([2H])c5c4c4c([2H])c([2H])c([2H])c([2H])c42)c([2H])c1N3c1c(-c2ccccc2)cc(-c2ccccc2C#N)cc1-c1ccccc1. The summed E-state index contributed by atoms with van der Waals surface area (Å²) in [6.45, 7) is 14.7. The molecule has 3 aromatic heterocycles. The van der Waals surface area contributed by atoms with Gasteiger partial charge in [0.25, 0.3) is 0 Å². The standard InChI is InChI=1S/C102H68N6Se/c1-102(2,3)71-58-92-98-93(59-71)108(99-82(63-29-9-5-10-30-63)53-69(74-39-19-18-38-68(74)62-103)54-83(99)64-31-11-6-12-32-64)90-61-73(106-88-47-27-23-43-78(88)97-81-44-24-28-48-94(81)109-101(97)106)50-52-80(90)96(98)79-51-49-72(105-87-46-26-22-42-77(87)95-76-41-20-17-37-67(76)57-91(95)105)60-89(79)107(92)100-84(65-33-13-7-14-34-65)55-70(75-40-21-25-45-86(75)104-4)56-85(100)66-35-15-8-16-36-66/h5-56,58-61,96H,57H2,1-3H3/i17D,20D,22D,23D,24D,26D,27D,28D,37D,41D,42D,43D,44D,46D,47D,48D,49D,50D,51D,52D,60D,61D. The second-order valence-electron chi connectivity index (χ2n) is 28.3. The number of anilines is 6. The average Bonchev–Trinajstić information content (AvgIpc) is 1.67. The van der Waals surface area contributed by atoms with Crippen molar-refractivity contribution in [2.75, 3.05) is 9.80 Å². The summed E-state index contributed by atoms with van der Waals surface area (Å²) in [5.74, 6) is -1.67. The molecule has 0 bridgehead atoms. The molecule has 18 aromatic rings. The van der Waals surface area contributed by atoms with Crippen molar-refractivity contribution in [3.8, 4) is 95.3 Å². The fourth-order valence-electron chi connectivity index (χ4n) is 16.5. The van der Waals surface area contributed by atoms with Crippen LogP contribution in [0.4, 0.5) is 39.8 Å². The van der Waals surface area contributed by atoms with Crippen molar-refractivity contribution in [3.63, 3.8) is 0 Å². The first-order chi connectivity index (χ1) is 62.8. The van der Waals surface area contributed by atoms with Gasteiger partial charge in [-0.25, -0.2) is 4.85 Å². The number of hydrogen-bond acceptors (Lipinski definition) is 3. The number of benzene rings is 15. The molecule has 6 nitrogen and oxygen atoms in total. The van der Waals surface area contributed by atoms with Crippen LogP contribution in [0.5, 0.6) is 0 Å². The Morgan fingerprint density at radius 2 is 0.917 bits per heavy atom. The summed E-state index contributed by atoms with van der Waals surface area (Å²) in [5, 5.41) is 10.7. The minimum atomic E-state index is -1.67. The van der Waals surface area contributed by atoms with Gasteiger partial charge in [0.05, 0.1) is 29.1 Å². The van der Waals surface area contributed by atoms with E-state index in [1.54, 1.807) is 24.3 Å². The first-order valence-corrected chi connectivity index (χ1v) is 37.3. The van der Waals surface area contributed by atoms with Crippen LogP contribution in [0.25, 0.3) is 135 Å². The van der Waals surface area contributed by atoms with Crippen LogP contribution in [0, 0.1) is 17.9 Å². The van der Waals surface area contributed by atoms with Gasteiger partial charge in [-0.3, -0.25) is 0 Å². The third-order valence-electron chi connectivity index (χ3n) is 21.3. The van der Waals surface area contributed by atoms with Gasteiger partial charge in [0.1, 0.15) is 0 Å². The Kier molecular flexibility index (Phi) is 10.4. The van der Waals surface area contributed by atoms with Crippen molar-refractivity contribution in [2.24, 2.45) is 0 Å². The molecular formula is C102H68N6Se. The van der Waals surface area contributed by atoms with E-state index in [1.807, 2.05) is 213 Å². The average molecular weight is 1480 g/mol. The summed E-state index contributed by atoms with van der Waals surface area (Å²) < 4.78 is 224. The van der Waals surface area contributed by atoms with Gasteiger partial charge in [0.15, 0.2) is 5.69 Å². The van der Waals surface area contributed by atoms with E-state index in [2.05, 4.69) is 10.9 Å². The number of aromatic nitrogens is 2. The van der Waals surface area contributed by atoms with Gasteiger partial charge >= 0.3 is 408 Å². The molecule has 109 heavy (non-hydrogen) atoms. The predicted molar refractivity (Wildman–Crippen MR) is 453 cm³/mol. The second kappa shape index (κ2) is 25.1. The van der Waals surface area contributed by atoms with Crippen molar-refractivity contribution in [1.29, 1.82) is 5.26 Å². The molecule has 1 atom stereocenters. The molecule has 5 heterocycles. The maximum atomic E-state index is 12.0. The van der Waals surface area contributed by atoms with Gasteiger partial charge in [0, 0.05) is 23.1 Å². The molecule has 0 radical (unpaired) electrons. The number of hydrogen-bond donors (Lipinski definition) is 0. The third-order valence-corrected chi connectivity index (χ3v) is 23.6. The molecule has 1 aliphatic carbocycles. The molecule has 15 aromatic carbocycles. The number of nitriles is 1. The fourth-order valence-corrected chi connectivity index (χ4v) is 18.8. The summed E-state index contributed by atoms with van der Waals surface area (Å²) in [5.41, 5.74) is 6.44. The molecule has 21 rings (SSSR count). The van der Waals surface area contributed by atoms with Crippen LogP contribution in [0.2, 0.25) is 0 Å². The number of fused-ring (bicyclic) bond motifs is 14. The van der Waals surface area contributed by atoms with Gasteiger partial charge in [0.2, 0.25) is 0 Å². The van der Waals surface area contributed by atoms with E-state index in [9.17, 15) is 29.9 Å². The Morgan fingerprint density at radius 1 is 0.450 bits per heavy atom. The molecule has 512 valence electrons. The summed E-state index contributed by atoms with van der Waals surface area (Å²) in [6, 6.07) is 53.0. The van der Waals surface area contributed by atoms with Gasteiger partial charge in [-0.15, -0.1) is 0 Å². The number of rotatable bonds is 10. The van der Waals surface area contributed by atoms with Crippen LogP contribution in [-0.4, -0.2) is 23.6 Å². The third kappa shape index (κ3) is 9.98. The monoisotopic (exact) mass is 1480 g/mol. The molecule has 0 fully saturated rings. The molecule has 0 amide bonds. The molecule has 3 aliphatic rings. The van der Waals surface area contributed by atoms with E-state index >= 15 is 0 Å². The van der Waals surface area contributed by atoms with Gasteiger partial charge in [-0.1, -0.05) is 139 Å². The molecule has 0 N–H and O–H groups in total. The first-order valence-electron chi connectivity index (χ1n) is 46.6. The van der Waals surface area contributed by atoms with Crippen LogP contribution < -0.4 is 9.80 Å². The molecule has 2 aliphatic heterocycles. The van der Waals surface area contributed by atoms with Crippen LogP contribution in [0.1, 0.15) is 95.9 Å². The summed E-state index contributed by atoms with van der Waals surface area (Å²) in [4.78, 5) is 7.82. The quantitative estimate of drug-likeness (QED) is 0.101. The van der Waals surface area contributed by atoms with Crippen molar-refractivity contribution in [1.82, 2.24) is 9.13 Å². The Labute approximate surface area is 670 Å². The van der Waals surface area contributed by atoms with Crippen molar-refractivity contribution >= 4 is 95.5 Å². The Balaban J connectivity index is 1.02. The van der Waals surface area contributed by atoms with Crippen molar-refractivity contribution in [3.05, 3.63) is 390 Å². The molecule has 0 saturated carbocycles. The summed E-state index contributed by atoms with van der Waals surface area (Å²) in [7, 11) is 0. The minimum absolute atomic E-state index is 0.00927. The molecule has 0 saturated heterocycles. The van der Waals surface area contributed by atoms with Crippen molar-refractivity contribution < 1.29 is 30.2 Å². The second-order valence-corrected chi connectivity index (χ2v) is 30.4. The first kappa shape index (κ1) is 45.1. The normalized spacial score (nSPS) is 16.1. The van der Waals surface area contributed by atoms with E-state index in [1.165, 1.54) is 9.13 Å². The molecule has 0 spiro atoms. The number of nitrogens with zero attached hydrogens (tertiary/aromatic N) is 6. The summed E-state index contributed by atoms with van der Waals surface area (Å²) in [6.07, 6.45) is -0.374. The predicted octanol–water partition coefficient (Wildman–Crippen LogP) is 27.0. The van der Waals surface area contributed by atoms with E-state index in [4.69, 9.17) is 12.1 Å². The van der Waals surface area contributed by atoms with Crippen LogP contribution in [0.15, 0.2) is 339 Å². The maximum absolute atomic E-state index is 12.0. The molecular weight excluding hydrogens is 1390 g/mol. The Hall–Kier alpha value is -13.5. The zero-order valence-corrected chi connectivity index (χ0v) is 60.2. The van der Waals surface area contributed by atoms with E-state index in [0.717, 1.165) is 0 Å². The molecule has 7 heteroatoms. The van der Waals surface area contributed by atoms with E-state index in [-0.39, 0.29) is 104 Å². The molecule has 1 unspecified atom stereocenters. The van der Waals surface area contributed by atoms with Crippen LogP contribution in [-0.2, 0) is 11.8 Å². The Bertz CT molecular complexity index is 8180. The van der Waals surface area contributed by atoms with Crippen molar-refractivity contribution in [2.45, 2.75) is 38.5 Å². The zero-order valence-electron chi connectivity index (χ0n) is 80.5. The van der Waals surface area contributed by atoms with Gasteiger partial charge < -0.3 is 0 Å². The summed E-state index contributed by atoms with van der Waals surface area (Å²) >= 11 is -1.27. The zero-order chi connectivity index (χ0) is 91.9. The fraction of sp³-hybridized carbons (Fsp3) is 0.0588. The van der Waals surface area contributed by atoms with Crippen LogP contribution >= 0.6 is 0 Å².